The molecule has 19 heavy (non-hydrogen) atoms. The van der Waals surface area contributed by atoms with E-state index in [1.807, 2.05) is 0 Å². The van der Waals surface area contributed by atoms with Crippen molar-refractivity contribution in [2.24, 2.45) is 35.5 Å². The lowest BCUT2D eigenvalue weighted by molar-refractivity contribution is -0.129. The molecular weight excluding hydrogens is 236 g/mol. The molecule has 5 aliphatic rings. The maximum Gasteiger partial charge on any atom is 0.224 e. The first kappa shape index (κ1) is 12.2. The summed E-state index contributed by atoms with van der Waals surface area (Å²) >= 11 is 0. The van der Waals surface area contributed by atoms with E-state index in [4.69, 9.17) is 0 Å². The minimum Gasteiger partial charge on any atom is -0.353 e. The summed E-state index contributed by atoms with van der Waals surface area (Å²) < 4.78 is 0. The molecule has 4 bridgehead atoms. The number of hydrogen-bond acceptors (Lipinski definition) is 2. The zero-order valence-corrected chi connectivity index (χ0v) is 11.9. The van der Waals surface area contributed by atoms with Crippen molar-refractivity contribution in [1.82, 2.24) is 10.6 Å². The topological polar surface area (TPSA) is 41.1 Å². The van der Waals surface area contributed by atoms with Gasteiger partial charge < -0.3 is 10.6 Å². The van der Waals surface area contributed by atoms with Crippen LogP contribution in [0.2, 0.25) is 0 Å². The lowest BCUT2D eigenvalue weighted by Gasteiger charge is -2.54. The lowest BCUT2D eigenvalue weighted by atomic mass is 9.54. The molecule has 2 atom stereocenters. The van der Waals surface area contributed by atoms with E-state index >= 15 is 0 Å². The summed E-state index contributed by atoms with van der Waals surface area (Å²) in [5.41, 5.74) is 0. The maximum atomic E-state index is 12.5. The summed E-state index contributed by atoms with van der Waals surface area (Å²) in [4.78, 5) is 12.5. The van der Waals surface area contributed by atoms with E-state index in [0.717, 1.165) is 36.8 Å². The molecule has 106 valence electrons. The van der Waals surface area contributed by atoms with Gasteiger partial charge in [-0.3, -0.25) is 4.79 Å². The van der Waals surface area contributed by atoms with E-state index < -0.39 is 0 Å². The Morgan fingerprint density at radius 2 is 1.63 bits per heavy atom. The molecule has 3 nitrogen and oxygen atoms in total. The summed E-state index contributed by atoms with van der Waals surface area (Å²) in [7, 11) is 0. The van der Waals surface area contributed by atoms with Crippen LogP contribution in [0.3, 0.4) is 0 Å². The Balaban J connectivity index is 1.44. The summed E-state index contributed by atoms with van der Waals surface area (Å²) in [6.45, 7) is 4.07. The average Bonchev–Trinajstić information content (AvgIpc) is 2.79. The van der Waals surface area contributed by atoms with Crippen molar-refractivity contribution in [3.8, 4) is 0 Å². The first-order chi connectivity index (χ1) is 9.20. The van der Waals surface area contributed by atoms with Crippen LogP contribution >= 0.6 is 0 Å². The minimum absolute atomic E-state index is 0.206. The molecule has 5 fully saturated rings. The Bertz CT molecular complexity index is 353. The highest BCUT2D eigenvalue weighted by molar-refractivity contribution is 5.80. The second-order valence-corrected chi connectivity index (χ2v) is 7.71. The first-order valence-electron chi connectivity index (χ1n) is 8.21. The summed E-state index contributed by atoms with van der Waals surface area (Å²) in [6.07, 6.45) is 7.02. The van der Waals surface area contributed by atoms with Gasteiger partial charge in [-0.15, -0.1) is 0 Å². The average molecular weight is 262 g/mol. The molecule has 0 aromatic heterocycles. The third-order valence-corrected chi connectivity index (χ3v) is 6.39. The van der Waals surface area contributed by atoms with Crippen molar-refractivity contribution in [2.75, 3.05) is 13.1 Å². The molecule has 4 aliphatic carbocycles. The van der Waals surface area contributed by atoms with Gasteiger partial charge in [0.1, 0.15) is 0 Å². The second-order valence-electron chi connectivity index (χ2n) is 7.71. The van der Waals surface area contributed by atoms with E-state index in [2.05, 4.69) is 17.6 Å². The fourth-order valence-corrected chi connectivity index (χ4v) is 5.59. The van der Waals surface area contributed by atoms with Crippen molar-refractivity contribution in [3.05, 3.63) is 0 Å². The van der Waals surface area contributed by atoms with Crippen molar-refractivity contribution in [1.29, 1.82) is 0 Å². The number of carbonyl (C=O) groups excluding carboxylic acids is 1. The molecule has 3 heteroatoms. The predicted octanol–water partition coefficient (Wildman–Crippen LogP) is 1.78. The van der Waals surface area contributed by atoms with Gasteiger partial charge >= 0.3 is 0 Å². The normalized spacial score (nSPS) is 51.5. The summed E-state index contributed by atoms with van der Waals surface area (Å²) in [6, 6.07) is 0.507. The smallest absolute Gasteiger partial charge is 0.224 e. The van der Waals surface area contributed by atoms with Crippen molar-refractivity contribution >= 4 is 5.91 Å². The van der Waals surface area contributed by atoms with Gasteiger partial charge in [0.05, 0.1) is 5.92 Å². The number of carbonyl (C=O) groups is 1. The quantitative estimate of drug-likeness (QED) is 0.796. The Labute approximate surface area is 115 Å². The highest BCUT2D eigenvalue weighted by atomic mass is 16.2. The minimum atomic E-state index is 0.206. The van der Waals surface area contributed by atoms with Crippen LogP contribution < -0.4 is 10.6 Å². The molecule has 0 spiro atoms. The van der Waals surface area contributed by atoms with Gasteiger partial charge in [0.15, 0.2) is 0 Å². The Hall–Kier alpha value is -0.570. The molecule has 0 aromatic rings. The van der Waals surface area contributed by atoms with Crippen molar-refractivity contribution < 1.29 is 4.79 Å². The molecular formula is C16H26N2O. The zero-order chi connectivity index (χ0) is 13.0. The van der Waals surface area contributed by atoms with Crippen LogP contribution in [0, 0.1) is 35.5 Å². The van der Waals surface area contributed by atoms with Gasteiger partial charge in [-0.05, 0) is 68.2 Å². The van der Waals surface area contributed by atoms with E-state index in [9.17, 15) is 4.79 Å². The summed E-state index contributed by atoms with van der Waals surface area (Å²) in [5.74, 6) is 4.60. The van der Waals surface area contributed by atoms with Crippen molar-refractivity contribution in [2.45, 2.75) is 45.1 Å². The van der Waals surface area contributed by atoms with E-state index in [1.54, 1.807) is 0 Å². The Morgan fingerprint density at radius 1 is 1.00 bits per heavy atom. The third kappa shape index (κ3) is 2.01. The van der Waals surface area contributed by atoms with Crippen LogP contribution in [0.25, 0.3) is 0 Å². The SMILES string of the molecule is C[C@@H]1CNC[C@H]1C(=O)NC1C2CC3CC(C2)CC1C3. The number of nitrogens with one attached hydrogen (secondary N) is 2. The van der Waals surface area contributed by atoms with E-state index in [1.165, 1.54) is 32.1 Å². The van der Waals surface area contributed by atoms with Gasteiger partial charge in [-0.2, -0.15) is 0 Å². The highest BCUT2D eigenvalue weighted by Crippen LogP contribution is 2.53. The largest absolute Gasteiger partial charge is 0.353 e. The predicted molar refractivity (Wildman–Crippen MR) is 74.5 cm³/mol. The lowest BCUT2D eigenvalue weighted by Crippen LogP contribution is -2.57. The molecule has 0 aromatic carbocycles. The van der Waals surface area contributed by atoms with Crippen LogP contribution in [0.4, 0.5) is 0 Å². The third-order valence-electron chi connectivity index (χ3n) is 6.39. The van der Waals surface area contributed by atoms with Crippen LogP contribution in [-0.4, -0.2) is 25.0 Å². The number of rotatable bonds is 2. The number of hydrogen-bond donors (Lipinski definition) is 2. The zero-order valence-electron chi connectivity index (χ0n) is 11.9. The molecule has 1 heterocycles. The first-order valence-corrected chi connectivity index (χ1v) is 8.21. The monoisotopic (exact) mass is 262 g/mol. The van der Waals surface area contributed by atoms with Gasteiger partial charge in [0, 0.05) is 12.6 Å². The standard InChI is InChI=1S/C16H26N2O/c1-9-7-17-8-14(9)16(19)18-15-12-3-10-2-11(5-12)6-13(15)4-10/h9-15,17H,2-8H2,1H3,(H,18,19)/t9-,10?,11?,12?,13?,14-,15?/m1/s1. The van der Waals surface area contributed by atoms with Crippen LogP contribution in [0.15, 0.2) is 0 Å². The molecule has 1 saturated heterocycles. The fourth-order valence-electron chi connectivity index (χ4n) is 5.59. The maximum absolute atomic E-state index is 12.5. The molecule has 1 aliphatic heterocycles. The van der Waals surface area contributed by atoms with Gasteiger partial charge in [-0.1, -0.05) is 6.92 Å². The van der Waals surface area contributed by atoms with Crippen LogP contribution in [0.5, 0.6) is 0 Å². The molecule has 4 saturated carbocycles. The Kier molecular flexibility index (Phi) is 2.87. The van der Waals surface area contributed by atoms with Gasteiger partial charge in [-0.25, -0.2) is 0 Å². The molecule has 0 radical (unpaired) electrons. The Morgan fingerprint density at radius 3 is 2.16 bits per heavy atom. The molecule has 1 amide bonds. The van der Waals surface area contributed by atoms with Crippen molar-refractivity contribution in [3.63, 3.8) is 0 Å². The summed E-state index contributed by atoms with van der Waals surface area (Å²) in [5, 5.41) is 6.80. The van der Waals surface area contributed by atoms with E-state index in [-0.39, 0.29) is 5.92 Å². The second kappa shape index (κ2) is 4.47. The molecule has 2 N–H and O–H groups in total. The van der Waals surface area contributed by atoms with E-state index in [0.29, 0.717) is 17.9 Å². The van der Waals surface area contributed by atoms with Crippen LogP contribution in [-0.2, 0) is 4.79 Å². The van der Waals surface area contributed by atoms with Crippen LogP contribution in [0.1, 0.15) is 39.0 Å². The fraction of sp³-hybridized carbons (Fsp3) is 0.938. The van der Waals surface area contributed by atoms with Gasteiger partial charge in [0.2, 0.25) is 5.91 Å². The highest BCUT2D eigenvalue weighted by Gasteiger charge is 2.49. The molecule has 0 unspecified atom stereocenters. The van der Waals surface area contributed by atoms with Gasteiger partial charge in [0.25, 0.3) is 0 Å². The number of amides is 1. The molecule has 5 rings (SSSR count).